The number of aromatic nitrogens is 3. The van der Waals surface area contributed by atoms with Crippen molar-refractivity contribution < 1.29 is 8.78 Å². The zero-order chi connectivity index (χ0) is 11.7. The van der Waals surface area contributed by atoms with Crippen LogP contribution < -0.4 is 11.3 Å². The number of halogens is 2. The second kappa shape index (κ2) is 3.76. The molecule has 16 heavy (non-hydrogen) atoms. The van der Waals surface area contributed by atoms with Crippen LogP contribution in [0.1, 0.15) is 6.55 Å². The first-order valence-corrected chi connectivity index (χ1v) is 4.40. The van der Waals surface area contributed by atoms with E-state index in [2.05, 4.69) is 5.10 Å². The first kappa shape index (κ1) is 10.3. The molecule has 2 aromatic rings. The number of rotatable bonds is 2. The number of alkyl halides is 2. The highest BCUT2D eigenvalue weighted by molar-refractivity contribution is 5.32. The molecule has 2 aromatic heterocycles. The molecule has 0 unspecified atom stereocenters. The van der Waals surface area contributed by atoms with Crippen LogP contribution in [0, 0.1) is 0 Å². The SMILES string of the molecule is Nc1ccn(-c2ccc(=O)n(C(F)F)c2)n1. The molecule has 0 saturated carbocycles. The Kier molecular flexibility index (Phi) is 2.43. The molecule has 0 aliphatic rings. The molecule has 0 fully saturated rings. The molecule has 0 amide bonds. The Hall–Kier alpha value is -2.18. The van der Waals surface area contributed by atoms with E-state index in [1.54, 1.807) is 0 Å². The molecule has 7 heteroatoms. The normalized spacial score (nSPS) is 10.9. The van der Waals surface area contributed by atoms with Crippen LogP contribution in [0.5, 0.6) is 0 Å². The van der Waals surface area contributed by atoms with Crippen molar-refractivity contribution in [2.24, 2.45) is 0 Å². The lowest BCUT2D eigenvalue weighted by molar-refractivity contribution is 0.0663. The van der Waals surface area contributed by atoms with Gasteiger partial charge in [0.05, 0.1) is 5.69 Å². The van der Waals surface area contributed by atoms with E-state index in [4.69, 9.17) is 5.73 Å². The van der Waals surface area contributed by atoms with Gasteiger partial charge in [-0.25, -0.2) is 4.68 Å². The fourth-order valence-corrected chi connectivity index (χ4v) is 1.26. The summed E-state index contributed by atoms with van der Waals surface area (Å²) in [4.78, 5) is 11.1. The summed E-state index contributed by atoms with van der Waals surface area (Å²) in [5.74, 6) is 0.273. The molecule has 2 heterocycles. The maximum Gasteiger partial charge on any atom is 0.321 e. The van der Waals surface area contributed by atoms with Crippen molar-refractivity contribution in [1.82, 2.24) is 14.3 Å². The van der Waals surface area contributed by atoms with Crippen LogP contribution in [-0.4, -0.2) is 14.3 Å². The van der Waals surface area contributed by atoms with Gasteiger partial charge in [0.1, 0.15) is 5.82 Å². The Morgan fingerprint density at radius 2 is 2.06 bits per heavy atom. The highest BCUT2D eigenvalue weighted by Gasteiger charge is 2.09. The Balaban J connectivity index is 2.51. The first-order chi connectivity index (χ1) is 7.58. The van der Waals surface area contributed by atoms with E-state index in [1.807, 2.05) is 0 Å². The molecular formula is C9H8F2N4O. The molecule has 84 valence electrons. The van der Waals surface area contributed by atoms with Gasteiger partial charge in [0.15, 0.2) is 0 Å². The molecule has 0 aliphatic heterocycles. The topological polar surface area (TPSA) is 65.8 Å². The van der Waals surface area contributed by atoms with Crippen LogP contribution >= 0.6 is 0 Å². The van der Waals surface area contributed by atoms with Gasteiger partial charge in [-0.1, -0.05) is 0 Å². The van der Waals surface area contributed by atoms with Gasteiger partial charge in [-0.2, -0.15) is 13.9 Å². The van der Waals surface area contributed by atoms with E-state index >= 15 is 0 Å². The fourth-order valence-electron chi connectivity index (χ4n) is 1.26. The van der Waals surface area contributed by atoms with Gasteiger partial charge in [0, 0.05) is 24.5 Å². The van der Waals surface area contributed by atoms with Crippen LogP contribution in [0.2, 0.25) is 0 Å². The summed E-state index contributed by atoms with van der Waals surface area (Å²) in [6.45, 7) is -2.87. The number of hydrogen-bond donors (Lipinski definition) is 1. The lowest BCUT2D eigenvalue weighted by Gasteiger charge is -2.06. The third-order valence-corrected chi connectivity index (χ3v) is 2.01. The van der Waals surface area contributed by atoms with Crippen LogP contribution in [-0.2, 0) is 0 Å². The van der Waals surface area contributed by atoms with Crippen LogP contribution in [0.15, 0.2) is 35.4 Å². The maximum absolute atomic E-state index is 12.4. The molecule has 0 aromatic carbocycles. The van der Waals surface area contributed by atoms with Crippen molar-refractivity contribution >= 4 is 5.82 Å². The zero-order valence-electron chi connectivity index (χ0n) is 8.05. The Morgan fingerprint density at radius 3 is 2.62 bits per heavy atom. The van der Waals surface area contributed by atoms with Crippen molar-refractivity contribution in [3.05, 3.63) is 40.9 Å². The Morgan fingerprint density at radius 1 is 1.31 bits per heavy atom. The number of pyridine rings is 1. The highest BCUT2D eigenvalue weighted by Crippen LogP contribution is 2.11. The second-order valence-electron chi connectivity index (χ2n) is 3.10. The molecule has 0 aliphatic carbocycles. The third kappa shape index (κ3) is 1.79. The summed E-state index contributed by atoms with van der Waals surface area (Å²) in [6, 6.07) is 3.98. The minimum atomic E-state index is -2.87. The average Bonchev–Trinajstić information content (AvgIpc) is 2.65. The van der Waals surface area contributed by atoms with Gasteiger partial charge in [-0.15, -0.1) is 0 Å². The quantitative estimate of drug-likeness (QED) is 0.831. The molecule has 0 spiro atoms. The van der Waals surface area contributed by atoms with Crippen molar-refractivity contribution in [3.63, 3.8) is 0 Å². The Bertz CT molecular complexity index is 561. The Labute approximate surface area is 88.7 Å². The van der Waals surface area contributed by atoms with E-state index < -0.39 is 12.1 Å². The zero-order valence-corrected chi connectivity index (χ0v) is 8.05. The van der Waals surface area contributed by atoms with Crippen molar-refractivity contribution in [1.29, 1.82) is 0 Å². The summed E-state index contributed by atoms with van der Waals surface area (Å²) >= 11 is 0. The van der Waals surface area contributed by atoms with Crippen LogP contribution in [0.4, 0.5) is 14.6 Å². The number of hydrogen-bond acceptors (Lipinski definition) is 3. The molecular weight excluding hydrogens is 218 g/mol. The van der Waals surface area contributed by atoms with Crippen molar-refractivity contribution in [2.75, 3.05) is 5.73 Å². The van der Waals surface area contributed by atoms with E-state index in [0.29, 0.717) is 10.3 Å². The van der Waals surface area contributed by atoms with Gasteiger partial charge in [-0.3, -0.25) is 9.36 Å². The molecule has 0 atom stereocenters. The largest absolute Gasteiger partial charge is 0.382 e. The summed E-state index contributed by atoms with van der Waals surface area (Å²) in [5.41, 5.74) is 4.97. The standard InChI is InChI=1S/C9H8F2N4O/c10-9(11)14-5-6(1-2-8(14)16)15-4-3-7(12)13-15/h1-5,9H,(H2,12,13). The predicted octanol–water partition coefficient (Wildman–Crippen LogP) is 1.01. The third-order valence-electron chi connectivity index (χ3n) is 2.01. The summed E-state index contributed by atoms with van der Waals surface area (Å²) in [7, 11) is 0. The second-order valence-corrected chi connectivity index (χ2v) is 3.10. The van der Waals surface area contributed by atoms with Crippen molar-refractivity contribution in [3.8, 4) is 5.69 Å². The van der Waals surface area contributed by atoms with Crippen LogP contribution in [0.25, 0.3) is 5.69 Å². The molecule has 0 bridgehead atoms. The summed E-state index contributed by atoms with van der Waals surface area (Å²) < 4.78 is 26.5. The number of nitrogen functional groups attached to an aromatic ring is 1. The average molecular weight is 226 g/mol. The molecule has 0 saturated heterocycles. The monoisotopic (exact) mass is 226 g/mol. The van der Waals surface area contributed by atoms with E-state index in [9.17, 15) is 13.6 Å². The van der Waals surface area contributed by atoms with E-state index in [-0.39, 0.29) is 5.82 Å². The van der Waals surface area contributed by atoms with Gasteiger partial charge in [0.25, 0.3) is 5.56 Å². The minimum Gasteiger partial charge on any atom is -0.382 e. The predicted molar refractivity (Wildman–Crippen MR) is 53.5 cm³/mol. The maximum atomic E-state index is 12.4. The number of nitrogens with zero attached hydrogens (tertiary/aromatic N) is 3. The first-order valence-electron chi connectivity index (χ1n) is 4.40. The van der Waals surface area contributed by atoms with E-state index in [1.165, 1.54) is 23.0 Å². The smallest absolute Gasteiger partial charge is 0.321 e. The van der Waals surface area contributed by atoms with Crippen LogP contribution in [0.3, 0.4) is 0 Å². The molecule has 2 N–H and O–H groups in total. The number of anilines is 1. The molecule has 5 nitrogen and oxygen atoms in total. The summed E-state index contributed by atoms with van der Waals surface area (Å²) in [6.07, 6.45) is 2.55. The lowest BCUT2D eigenvalue weighted by atomic mass is 10.4. The van der Waals surface area contributed by atoms with Gasteiger partial charge < -0.3 is 5.73 Å². The van der Waals surface area contributed by atoms with Crippen molar-refractivity contribution in [2.45, 2.75) is 6.55 Å². The fraction of sp³-hybridized carbons (Fsp3) is 0.111. The molecule has 0 radical (unpaired) electrons. The molecule has 2 rings (SSSR count). The minimum absolute atomic E-state index is 0.273. The van der Waals surface area contributed by atoms with E-state index in [0.717, 1.165) is 12.3 Å². The highest BCUT2D eigenvalue weighted by atomic mass is 19.3. The van der Waals surface area contributed by atoms with Gasteiger partial charge in [0.2, 0.25) is 0 Å². The lowest BCUT2D eigenvalue weighted by Crippen LogP contribution is -2.20. The van der Waals surface area contributed by atoms with Gasteiger partial charge >= 0.3 is 6.55 Å². The summed E-state index contributed by atoms with van der Waals surface area (Å²) in [5, 5.41) is 3.85. The van der Waals surface area contributed by atoms with Gasteiger partial charge in [-0.05, 0) is 6.07 Å². The number of nitrogens with two attached hydrogens (primary N) is 1.